The van der Waals surface area contributed by atoms with Gasteiger partial charge in [-0.1, -0.05) is 16.8 Å². The third kappa shape index (κ3) is 3.23. The zero-order valence-corrected chi connectivity index (χ0v) is 11.3. The molecule has 0 saturated heterocycles. The van der Waals surface area contributed by atoms with Crippen molar-refractivity contribution in [3.63, 3.8) is 0 Å². The van der Waals surface area contributed by atoms with Crippen LogP contribution < -0.4 is 10.6 Å². The quantitative estimate of drug-likeness (QED) is 0.895. The van der Waals surface area contributed by atoms with Crippen LogP contribution >= 0.6 is 11.6 Å². The first kappa shape index (κ1) is 13.4. The highest BCUT2D eigenvalue weighted by molar-refractivity contribution is 6.33. The molecule has 100 valence electrons. The highest BCUT2D eigenvalue weighted by Gasteiger charge is 2.12. The molecule has 2 aromatic heterocycles. The van der Waals surface area contributed by atoms with Gasteiger partial charge in [-0.2, -0.15) is 0 Å². The van der Waals surface area contributed by atoms with Crippen molar-refractivity contribution >= 4 is 23.3 Å². The van der Waals surface area contributed by atoms with Crippen molar-refractivity contribution in [2.45, 2.75) is 13.5 Å². The first-order chi connectivity index (χ1) is 9.10. The van der Waals surface area contributed by atoms with Crippen LogP contribution in [0.4, 0.5) is 5.82 Å². The van der Waals surface area contributed by atoms with Gasteiger partial charge in [0.1, 0.15) is 5.82 Å². The van der Waals surface area contributed by atoms with E-state index in [1.807, 2.05) is 6.92 Å². The van der Waals surface area contributed by atoms with E-state index in [1.54, 1.807) is 19.2 Å². The summed E-state index contributed by atoms with van der Waals surface area (Å²) in [4.78, 5) is 16.0. The van der Waals surface area contributed by atoms with E-state index in [-0.39, 0.29) is 12.5 Å². The third-order valence-electron chi connectivity index (χ3n) is 2.46. The Labute approximate surface area is 115 Å². The van der Waals surface area contributed by atoms with E-state index >= 15 is 0 Å². The van der Waals surface area contributed by atoms with Gasteiger partial charge in [-0.25, -0.2) is 4.98 Å². The van der Waals surface area contributed by atoms with E-state index in [4.69, 9.17) is 16.1 Å². The van der Waals surface area contributed by atoms with Gasteiger partial charge >= 0.3 is 0 Å². The Morgan fingerprint density at radius 2 is 2.26 bits per heavy atom. The lowest BCUT2D eigenvalue weighted by Crippen LogP contribution is -2.23. The van der Waals surface area contributed by atoms with Crippen LogP contribution in [-0.4, -0.2) is 23.1 Å². The molecular weight excluding hydrogens is 268 g/mol. The zero-order chi connectivity index (χ0) is 13.8. The number of halogens is 1. The molecule has 0 radical (unpaired) electrons. The molecule has 0 aromatic carbocycles. The largest absolute Gasteiger partial charge is 0.373 e. The summed E-state index contributed by atoms with van der Waals surface area (Å²) in [7, 11) is 1.72. The number of nitrogens with one attached hydrogen (secondary N) is 2. The Hall–Kier alpha value is -2.08. The van der Waals surface area contributed by atoms with Crippen molar-refractivity contribution in [1.82, 2.24) is 15.5 Å². The van der Waals surface area contributed by atoms with Gasteiger partial charge in [0.05, 0.1) is 22.8 Å². The van der Waals surface area contributed by atoms with Gasteiger partial charge in [0.2, 0.25) is 0 Å². The van der Waals surface area contributed by atoms with Gasteiger partial charge in [0.25, 0.3) is 5.91 Å². The van der Waals surface area contributed by atoms with Gasteiger partial charge in [0.15, 0.2) is 5.76 Å². The molecule has 2 aromatic rings. The minimum absolute atomic E-state index is 0.257. The molecule has 0 aliphatic rings. The van der Waals surface area contributed by atoms with Crippen molar-refractivity contribution in [1.29, 1.82) is 0 Å². The maximum absolute atomic E-state index is 12.0. The minimum atomic E-state index is -0.294. The Kier molecular flexibility index (Phi) is 4.01. The molecule has 0 unspecified atom stereocenters. The summed E-state index contributed by atoms with van der Waals surface area (Å²) in [5.41, 5.74) is 1.13. The van der Waals surface area contributed by atoms with Crippen LogP contribution in [0.15, 0.2) is 22.9 Å². The number of hydrogen-bond acceptors (Lipinski definition) is 5. The lowest BCUT2D eigenvalue weighted by molar-refractivity contribution is 0.0947. The number of pyridine rings is 1. The van der Waals surface area contributed by atoms with Crippen LogP contribution in [0.5, 0.6) is 0 Å². The van der Waals surface area contributed by atoms with Crippen molar-refractivity contribution in [2.75, 3.05) is 12.4 Å². The topological polar surface area (TPSA) is 80.0 Å². The van der Waals surface area contributed by atoms with Gasteiger partial charge in [-0.3, -0.25) is 4.79 Å². The number of carbonyl (C=O) groups is 1. The molecule has 7 heteroatoms. The maximum atomic E-state index is 12.0. The SMILES string of the molecule is CNc1cc(C(=O)NCc2cc(C)no2)c(Cl)cn1. The fourth-order valence-electron chi connectivity index (χ4n) is 1.51. The monoisotopic (exact) mass is 280 g/mol. The van der Waals surface area contributed by atoms with Crippen LogP contribution in [-0.2, 0) is 6.54 Å². The average molecular weight is 281 g/mol. The van der Waals surface area contributed by atoms with Gasteiger partial charge in [-0.05, 0) is 13.0 Å². The van der Waals surface area contributed by atoms with Crippen LogP contribution in [0, 0.1) is 6.92 Å². The Morgan fingerprint density at radius 3 is 2.89 bits per heavy atom. The lowest BCUT2D eigenvalue weighted by Gasteiger charge is -2.06. The second-order valence-electron chi connectivity index (χ2n) is 3.92. The van der Waals surface area contributed by atoms with E-state index in [0.29, 0.717) is 22.2 Å². The first-order valence-corrected chi connectivity index (χ1v) is 6.01. The molecule has 2 rings (SSSR count). The zero-order valence-electron chi connectivity index (χ0n) is 10.5. The van der Waals surface area contributed by atoms with E-state index in [1.165, 1.54) is 6.20 Å². The highest BCUT2D eigenvalue weighted by Crippen LogP contribution is 2.17. The number of aryl methyl sites for hydroxylation is 1. The van der Waals surface area contributed by atoms with Crippen LogP contribution in [0.1, 0.15) is 21.8 Å². The number of anilines is 1. The van der Waals surface area contributed by atoms with E-state index in [0.717, 1.165) is 5.69 Å². The summed E-state index contributed by atoms with van der Waals surface area (Å²) in [5.74, 6) is 0.868. The fourth-order valence-corrected chi connectivity index (χ4v) is 1.70. The maximum Gasteiger partial charge on any atom is 0.253 e. The summed E-state index contributed by atoms with van der Waals surface area (Å²) >= 11 is 5.95. The molecule has 0 bridgehead atoms. The smallest absolute Gasteiger partial charge is 0.253 e. The minimum Gasteiger partial charge on any atom is -0.373 e. The van der Waals surface area contributed by atoms with Gasteiger partial charge < -0.3 is 15.2 Å². The summed E-state index contributed by atoms with van der Waals surface area (Å²) in [6.45, 7) is 2.07. The van der Waals surface area contributed by atoms with Crippen molar-refractivity contribution in [3.05, 3.63) is 40.4 Å². The second-order valence-corrected chi connectivity index (χ2v) is 4.32. The summed E-state index contributed by atoms with van der Waals surface area (Å²) in [5, 5.41) is 9.59. The van der Waals surface area contributed by atoms with E-state index in [2.05, 4.69) is 20.8 Å². The summed E-state index contributed by atoms with van der Waals surface area (Å²) in [6, 6.07) is 3.34. The van der Waals surface area contributed by atoms with Crippen LogP contribution in [0.25, 0.3) is 0 Å². The van der Waals surface area contributed by atoms with E-state index in [9.17, 15) is 4.79 Å². The normalized spacial score (nSPS) is 10.3. The van der Waals surface area contributed by atoms with Gasteiger partial charge in [-0.15, -0.1) is 0 Å². The molecule has 2 heterocycles. The number of rotatable bonds is 4. The van der Waals surface area contributed by atoms with Crippen molar-refractivity contribution in [3.8, 4) is 0 Å². The molecule has 0 saturated carbocycles. The summed E-state index contributed by atoms with van der Waals surface area (Å²) < 4.78 is 5.00. The highest BCUT2D eigenvalue weighted by atomic mass is 35.5. The van der Waals surface area contributed by atoms with Gasteiger partial charge in [0, 0.05) is 19.3 Å². The molecule has 2 N–H and O–H groups in total. The fraction of sp³-hybridized carbons (Fsp3) is 0.250. The number of hydrogen-bond donors (Lipinski definition) is 2. The van der Waals surface area contributed by atoms with E-state index < -0.39 is 0 Å². The second kappa shape index (κ2) is 5.71. The van der Waals surface area contributed by atoms with Crippen molar-refractivity contribution < 1.29 is 9.32 Å². The molecule has 0 fully saturated rings. The molecule has 0 aliphatic carbocycles. The standard InChI is InChI=1S/C12H13ClN4O2/c1-7-3-8(19-17-7)5-16-12(18)9-4-11(14-2)15-6-10(9)13/h3-4,6H,5H2,1-2H3,(H,14,15)(H,16,18). The Morgan fingerprint density at radius 1 is 1.47 bits per heavy atom. The number of nitrogens with zero attached hydrogens (tertiary/aromatic N) is 2. The molecular formula is C12H13ClN4O2. The molecule has 0 aliphatic heterocycles. The average Bonchev–Trinajstić information content (AvgIpc) is 2.82. The van der Waals surface area contributed by atoms with Crippen LogP contribution in [0.2, 0.25) is 5.02 Å². The van der Waals surface area contributed by atoms with Crippen LogP contribution in [0.3, 0.4) is 0 Å². The first-order valence-electron chi connectivity index (χ1n) is 5.64. The molecule has 19 heavy (non-hydrogen) atoms. The lowest BCUT2D eigenvalue weighted by atomic mass is 10.2. The number of aromatic nitrogens is 2. The Balaban J connectivity index is 2.07. The molecule has 0 atom stereocenters. The predicted octanol–water partition coefficient (Wildman–Crippen LogP) is 2.00. The number of carbonyl (C=O) groups excluding carboxylic acids is 1. The predicted molar refractivity (Wildman–Crippen MR) is 71.2 cm³/mol. The third-order valence-corrected chi connectivity index (χ3v) is 2.76. The number of amides is 1. The van der Waals surface area contributed by atoms with Crippen molar-refractivity contribution in [2.24, 2.45) is 0 Å². The molecule has 1 amide bonds. The molecule has 6 nitrogen and oxygen atoms in total. The Bertz CT molecular complexity index is 597. The molecule has 0 spiro atoms. The summed E-state index contributed by atoms with van der Waals surface area (Å²) in [6.07, 6.45) is 1.43.